The molecule has 2 atom stereocenters. The number of benzene rings is 1. The first-order chi connectivity index (χ1) is 10.6. The lowest BCUT2D eigenvalue weighted by Crippen LogP contribution is -2.45. The van der Waals surface area contributed by atoms with Gasteiger partial charge in [-0.25, -0.2) is 0 Å². The van der Waals surface area contributed by atoms with E-state index in [0.29, 0.717) is 19.2 Å². The van der Waals surface area contributed by atoms with Gasteiger partial charge < -0.3 is 14.9 Å². The van der Waals surface area contributed by atoms with Crippen LogP contribution in [0.2, 0.25) is 0 Å². The molecule has 0 spiro atoms. The van der Waals surface area contributed by atoms with Gasteiger partial charge in [-0.1, -0.05) is 24.1 Å². The summed E-state index contributed by atoms with van der Waals surface area (Å²) >= 11 is 0. The summed E-state index contributed by atoms with van der Waals surface area (Å²) in [5.74, 6) is 0.843. The van der Waals surface area contributed by atoms with Gasteiger partial charge >= 0.3 is 0 Å². The van der Waals surface area contributed by atoms with Gasteiger partial charge in [0, 0.05) is 19.2 Å². The Labute approximate surface area is 133 Å². The summed E-state index contributed by atoms with van der Waals surface area (Å²) in [6.45, 7) is 6.24. The second-order valence-corrected chi connectivity index (χ2v) is 6.39. The van der Waals surface area contributed by atoms with Crippen LogP contribution in [-0.2, 0) is 0 Å². The first kappa shape index (κ1) is 17.3. The van der Waals surface area contributed by atoms with E-state index < -0.39 is 6.10 Å². The van der Waals surface area contributed by atoms with Crippen LogP contribution in [0.5, 0.6) is 5.75 Å². The van der Waals surface area contributed by atoms with Gasteiger partial charge in [0.25, 0.3) is 0 Å². The third kappa shape index (κ3) is 4.97. The molecule has 2 N–H and O–H groups in total. The fraction of sp³-hybridized carbons (Fsp3) is 0.667. The second-order valence-electron chi connectivity index (χ2n) is 6.39. The minimum atomic E-state index is -0.500. The Morgan fingerprint density at radius 2 is 2.14 bits per heavy atom. The van der Waals surface area contributed by atoms with Crippen LogP contribution < -0.4 is 4.74 Å². The summed E-state index contributed by atoms with van der Waals surface area (Å²) < 4.78 is 5.76. The number of aryl methyl sites for hydroxylation is 2. The third-order valence-electron chi connectivity index (χ3n) is 4.42. The molecule has 1 aromatic rings. The van der Waals surface area contributed by atoms with Crippen molar-refractivity contribution in [1.82, 2.24) is 4.90 Å². The molecule has 1 heterocycles. The van der Waals surface area contributed by atoms with Crippen LogP contribution in [0.3, 0.4) is 0 Å². The van der Waals surface area contributed by atoms with E-state index in [9.17, 15) is 5.11 Å². The Hall–Kier alpha value is -1.10. The van der Waals surface area contributed by atoms with Gasteiger partial charge in [-0.3, -0.25) is 4.90 Å². The molecule has 22 heavy (non-hydrogen) atoms. The average Bonchev–Trinajstić information content (AvgIpc) is 2.48. The number of β-amino-alcohol motifs (C(OH)–C–C–N with tert-alkyl or cyclic N) is 1. The lowest BCUT2D eigenvalue weighted by Gasteiger charge is -2.36. The highest BCUT2D eigenvalue weighted by atomic mass is 16.5. The summed E-state index contributed by atoms with van der Waals surface area (Å²) in [5, 5.41) is 19.4. The van der Waals surface area contributed by atoms with Crippen LogP contribution in [-0.4, -0.2) is 53.6 Å². The third-order valence-corrected chi connectivity index (χ3v) is 4.42. The van der Waals surface area contributed by atoms with Gasteiger partial charge in [-0.2, -0.15) is 0 Å². The summed E-state index contributed by atoms with van der Waals surface area (Å²) in [4.78, 5) is 2.30. The number of hydrogen-bond acceptors (Lipinski definition) is 4. The molecule has 0 amide bonds. The molecule has 1 fully saturated rings. The molecule has 1 aliphatic rings. The summed E-state index contributed by atoms with van der Waals surface area (Å²) in [6, 6.07) is 6.47. The predicted molar refractivity (Wildman–Crippen MR) is 88.3 cm³/mol. The molecule has 0 bridgehead atoms. The fourth-order valence-electron chi connectivity index (χ4n) is 3.25. The number of aliphatic hydroxyl groups excluding tert-OH is 2. The van der Waals surface area contributed by atoms with E-state index in [1.54, 1.807) is 0 Å². The predicted octanol–water partition coefficient (Wildman–Crippen LogP) is 2.28. The van der Waals surface area contributed by atoms with E-state index in [4.69, 9.17) is 9.84 Å². The van der Waals surface area contributed by atoms with Crippen LogP contribution in [0.25, 0.3) is 0 Å². The summed E-state index contributed by atoms with van der Waals surface area (Å²) in [7, 11) is 0. The largest absolute Gasteiger partial charge is 0.491 e. The zero-order chi connectivity index (χ0) is 15.9. The average molecular weight is 307 g/mol. The molecule has 0 aliphatic carbocycles. The molecule has 4 nitrogen and oxygen atoms in total. The van der Waals surface area contributed by atoms with Crippen molar-refractivity contribution in [3.8, 4) is 5.75 Å². The van der Waals surface area contributed by atoms with Gasteiger partial charge in [0.05, 0.1) is 0 Å². The smallest absolute Gasteiger partial charge is 0.122 e. The zero-order valence-corrected chi connectivity index (χ0v) is 13.8. The number of hydrogen-bond donors (Lipinski definition) is 2. The Balaban J connectivity index is 1.82. The maximum atomic E-state index is 10.3. The summed E-state index contributed by atoms with van der Waals surface area (Å²) in [6.07, 6.45) is 3.80. The molecular weight excluding hydrogens is 278 g/mol. The molecule has 0 radical (unpaired) electrons. The highest BCUT2D eigenvalue weighted by molar-refractivity contribution is 5.35. The molecule has 1 aromatic carbocycles. The molecule has 4 heteroatoms. The minimum absolute atomic E-state index is 0.219. The fourth-order valence-corrected chi connectivity index (χ4v) is 3.25. The first-order valence-corrected chi connectivity index (χ1v) is 8.33. The SMILES string of the molecule is Cc1ccc(OCC(O)CN2CCCCC2CCO)c(C)c1. The monoisotopic (exact) mass is 307 g/mol. The lowest BCUT2D eigenvalue weighted by molar-refractivity contribution is 0.0331. The van der Waals surface area contributed by atoms with E-state index in [0.717, 1.165) is 30.7 Å². The van der Waals surface area contributed by atoms with Crippen molar-refractivity contribution in [3.05, 3.63) is 29.3 Å². The number of ether oxygens (including phenoxy) is 1. The molecule has 0 saturated carbocycles. The van der Waals surface area contributed by atoms with E-state index in [-0.39, 0.29) is 6.61 Å². The van der Waals surface area contributed by atoms with Crippen molar-refractivity contribution < 1.29 is 14.9 Å². The number of piperidine rings is 1. The molecule has 124 valence electrons. The van der Waals surface area contributed by atoms with Crippen LogP contribution >= 0.6 is 0 Å². The van der Waals surface area contributed by atoms with Crippen LogP contribution in [0.4, 0.5) is 0 Å². The van der Waals surface area contributed by atoms with E-state index in [1.165, 1.54) is 18.4 Å². The lowest BCUT2D eigenvalue weighted by atomic mass is 9.99. The molecule has 1 aliphatic heterocycles. The van der Waals surface area contributed by atoms with Crippen molar-refractivity contribution in [2.24, 2.45) is 0 Å². The van der Waals surface area contributed by atoms with Crippen molar-refractivity contribution in [2.45, 2.75) is 51.7 Å². The topological polar surface area (TPSA) is 52.9 Å². The minimum Gasteiger partial charge on any atom is -0.491 e. The standard InChI is InChI=1S/C18H29NO3/c1-14-6-7-18(15(2)11-14)22-13-17(21)12-19-9-4-3-5-16(19)8-10-20/h6-7,11,16-17,20-21H,3-5,8-10,12-13H2,1-2H3. The van der Waals surface area contributed by atoms with Gasteiger partial charge in [0.2, 0.25) is 0 Å². The van der Waals surface area contributed by atoms with Gasteiger partial charge in [-0.05, 0) is 51.3 Å². The number of rotatable bonds is 7. The number of nitrogens with zero attached hydrogens (tertiary/aromatic N) is 1. The van der Waals surface area contributed by atoms with Crippen molar-refractivity contribution in [2.75, 3.05) is 26.3 Å². The Morgan fingerprint density at radius 3 is 2.86 bits per heavy atom. The van der Waals surface area contributed by atoms with Crippen molar-refractivity contribution in [3.63, 3.8) is 0 Å². The highest BCUT2D eigenvalue weighted by Crippen LogP contribution is 2.21. The molecule has 0 aromatic heterocycles. The van der Waals surface area contributed by atoms with Crippen LogP contribution in [0.15, 0.2) is 18.2 Å². The first-order valence-electron chi connectivity index (χ1n) is 8.33. The van der Waals surface area contributed by atoms with Crippen LogP contribution in [0, 0.1) is 13.8 Å². The number of aliphatic hydroxyl groups is 2. The van der Waals surface area contributed by atoms with Gasteiger partial charge in [-0.15, -0.1) is 0 Å². The maximum Gasteiger partial charge on any atom is 0.122 e. The van der Waals surface area contributed by atoms with Gasteiger partial charge in [0.1, 0.15) is 18.5 Å². The summed E-state index contributed by atoms with van der Waals surface area (Å²) in [5.41, 5.74) is 2.31. The Bertz CT molecular complexity index is 462. The van der Waals surface area contributed by atoms with E-state index in [2.05, 4.69) is 17.9 Å². The molecule has 2 rings (SSSR count). The normalized spacial score (nSPS) is 20.8. The highest BCUT2D eigenvalue weighted by Gasteiger charge is 2.24. The molecule has 2 unspecified atom stereocenters. The van der Waals surface area contributed by atoms with Crippen molar-refractivity contribution in [1.29, 1.82) is 0 Å². The molecule has 1 saturated heterocycles. The van der Waals surface area contributed by atoms with Crippen molar-refractivity contribution >= 4 is 0 Å². The second kappa shape index (κ2) is 8.51. The van der Waals surface area contributed by atoms with Crippen LogP contribution in [0.1, 0.15) is 36.8 Å². The van der Waals surface area contributed by atoms with E-state index in [1.807, 2.05) is 19.1 Å². The molecular formula is C18H29NO3. The number of likely N-dealkylation sites (tertiary alicyclic amines) is 1. The zero-order valence-electron chi connectivity index (χ0n) is 13.8. The quantitative estimate of drug-likeness (QED) is 0.811. The Kier molecular flexibility index (Phi) is 6.68. The van der Waals surface area contributed by atoms with Gasteiger partial charge in [0.15, 0.2) is 0 Å². The maximum absolute atomic E-state index is 10.3. The van der Waals surface area contributed by atoms with E-state index >= 15 is 0 Å². The Morgan fingerprint density at radius 1 is 1.32 bits per heavy atom.